The summed E-state index contributed by atoms with van der Waals surface area (Å²) < 4.78 is 26.7. The predicted molar refractivity (Wildman–Crippen MR) is 183 cm³/mol. The van der Waals surface area contributed by atoms with Crippen LogP contribution in [0.3, 0.4) is 0 Å². The lowest BCUT2D eigenvalue weighted by molar-refractivity contribution is -0.160. The van der Waals surface area contributed by atoms with Crippen LogP contribution in [0.15, 0.2) is 10.5 Å². The van der Waals surface area contributed by atoms with E-state index in [1.165, 1.54) is 12.3 Å². The Morgan fingerprint density at radius 2 is 1.64 bits per heavy atom. The monoisotopic (exact) mass is 744 g/mol. The minimum absolute atomic E-state index is 0.0538. The van der Waals surface area contributed by atoms with Crippen LogP contribution in [-0.4, -0.2) is 104 Å². The molecule has 4 atom stereocenters. The maximum atomic E-state index is 13.7. The molecule has 0 bridgehead atoms. The quantitative estimate of drug-likeness (QED) is 0.0502. The predicted octanol–water partition coefficient (Wildman–Crippen LogP) is 2.78. The van der Waals surface area contributed by atoms with E-state index >= 15 is 0 Å². The summed E-state index contributed by atoms with van der Waals surface area (Å²) in [4.78, 5) is 84.3. The fourth-order valence-electron chi connectivity index (χ4n) is 4.02. The van der Waals surface area contributed by atoms with Crippen LogP contribution in [0.5, 0.6) is 0 Å². The molecule has 4 unspecified atom stereocenters. The van der Waals surface area contributed by atoms with Crippen molar-refractivity contribution in [2.24, 2.45) is 16.3 Å². The summed E-state index contributed by atoms with van der Waals surface area (Å²) >= 11 is 0.955. The van der Waals surface area contributed by atoms with Crippen LogP contribution < -0.4 is 16.4 Å². The van der Waals surface area contributed by atoms with Gasteiger partial charge in [-0.3, -0.25) is 14.9 Å². The molecule has 1 aliphatic rings. The van der Waals surface area contributed by atoms with Gasteiger partial charge in [0.1, 0.15) is 39.2 Å². The van der Waals surface area contributed by atoms with Crippen LogP contribution in [0.25, 0.3) is 0 Å². The first kappa shape index (κ1) is 41.7. The number of rotatable bonds is 13. The number of hydrogen-bond acceptors (Lipinski definition) is 15. The van der Waals surface area contributed by atoms with Crippen molar-refractivity contribution in [2.45, 2.75) is 111 Å². The van der Waals surface area contributed by atoms with Gasteiger partial charge in [-0.2, -0.15) is 0 Å². The topological polar surface area (TPSA) is 236 Å². The number of amides is 4. The molecule has 1 aliphatic heterocycles. The number of aromatic nitrogens is 1. The van der Waals surface area contributed by atoms with Gasteiger partial charge in [0.2, 0.25) is 18.8 Å². The van der Waals surface area contributed by atoms with Crippen LogP contribution in [-0.2, 0) is 42.9 Å². The maximum absolute atomic E-state index is 13.7. The smallest absolute Gasteiger partial charge is 0.457 e. The first-order valence-corrected chi connectivity index (χ1v) is 18.0. The second-order valence-electron chi connectivity index (χ2n) is 14.4. The van der Waals surface area contributed by atoms with E-state index in [1.807, 2.05) is 27.7 Å². The second kappa shape index (κ2) is 17.0. The summed E-state index contributed by atoms with van der Waals surface area (Å²) in [6.07, 6.45) is -4.48. The van der Waals surface area contributed by atoms with Gasteiger partial charge in [0.25, 0.3) is 5.91 Å². The fraction of sp³-hybridized carbons (Fsp3) is 0.667. The third kappa shape index (κ3) is 13.8. The Morgan fingerprint density at radius 3 is 2.20 bits per heavy atom. The highest BCUT2D eigenvalue weighted by atomic mass is 32.1. The Bertz CT molecular complexity index is 1450. The number of ether oxygens (including phenoxy) is 5. The number of β-lactam (4-membered cyclic amide) rings is 1. The van der Waals surface area contributed by atoms with Crippen molar-refractivity contribution in [2.75, 3.05) is 18.5 Å². The zero-order valence-corrected chi connectivity index (χ0v) is 32.5. The number of nitrogens with one attached hydrogen (secondary N) is 2. The van der Waals surface area contributed by atoms with Crippen molar-refractivity contribution in [1.29, 1.82) is 0 Å². The lowest BCUT2D eigenvalue weighted by Gasteiger charge is -2.49. The molecule has 1 fully saturated rings. The van der Waals surface area contributed by atoms with E-state index < -0.39 is 87.7 Å². The minimum atomic E-state index is -1.34. The van der Waals surface area contributed by atoms with Crippen LogP contribution in [0.4, 0.5) is 19.5 Å². The van der Waals surface area contributed by atoms with Crippen molar-refractivity contribution in [3.63, 3.8) is 0 Å². The zero-order valence-electron chi connectivity index (χ0n) is 30.2. The van der Waals surface area contributed by atoms with Gasteiger partial charge in [-0.05, 0) is 52.5 Å². The number of oxime groups is 1. The number of esters is 1. The summed E-state index contributed by atoms with van der Waals surface area (Å²) in [6, 6.07) is -1.95. The number of carbonyl (C=O) groups excluding carboxylic acids is 6. The number of hydrogen-bond donors (Lipinski definition) is 3. The lowest BCUT2D eigenvalue weighted by Crippen LogP contribution is -2.74. The number of primary amides is 1. The SMILES string of the molecule is CC(OC(N)=O)OC(=O)OCC1C(NC(=O)C(=NOCC(=O)OC(C)(C)C)c2csc(NC(=O)OC(C)(C)C)n2)C(=O)N1[SiH2]C(C)C(C)(C)C. The molecule has 4 amide bonds. The van der Waals surface area contributed by atoms with Crippen molar-refractivity contribution in [3.05, 3.63) is 11.1 Å². The Labute approximate surface area is 296 Å². The van der Waals surface area contributed by atoms with Gasteiger partial charge in [-0.15, -0.1) is 11.3 Å². The lowest BCUT2D eigenvalue weighted by atomic mass is 9.93. The minimum Gasteiger partial charge on any atom is -0.457 e. The number of thiazole rings is 1. The molecular weight excluding hydrogens is 697 g/mol. The molecule has 0 aromatic carbocycles. The highest BCUT2D eigenvalue weighted by molar-refractivity contribution is 7.14. The van der Waals surface area contributed by atoms with E-state index in [9.17, 15) is 28.8 Å². The van der Waals surface area contributed by atoms with Crippen molar-refractivity contribution >= 4 is 68.0 Å². The van der Waals surface area contributed by atoms with E-state index in [4.69, 9.17) is 29.5 Å². The van der Waals surface area contributed by atoms with Gasteiger partial charge in [-0.25, -0.2) is 24.2 Å². The summed E-state index contributed by atoms with van der Waals surface area (Å²) in [6.45, 7) is 18.4. The van der Waals surface area contributed by atoms with Gasteiger partial charge < -0.3 is 44.1 Å². The molecule has 2 rings (SSSR count). The number of nitrogens with zero attached hydrogens (tertiary/aromatic N) is 3. The van der Waals surface area contributed by atoms with E-state index in [0.29, 0.717) is 0 Å². The molecule has 0 aliphatic carbocycles. The van der Waals surface area contributed by atoms with Crippen LogP contribution in [0, 0.1) is 5.41 Å². The summed E-state index contributed by atoms with van der Waals surface area (Å²) in [5.41, 5.74) is 2.87. The number of nitrogens with two attached hydrogens (primary N) is 1. The molecule has 4 N–H and O–H groups in total. The zero-order chi connectivity index (χ0) is 38.2. The van der Waals surface area contributed by atoms with Crippen LogP contribution >= 0.6 is 11.3 Å². The fourth-order valence-corrected chi connectivity index (χ4v) is 6.80. The molecule has 1 aromatic heterocycles. The average molecular weight is 745 g/mol. The maximum Gasteiger partial charge on any atom is 0.511 e. The van der Waals surface area contributed by atoms with Gasteiger partial charge in [0.15, 0.2) is 10.8 Å². The van der Waals surface area contributed by atoms with Crippen LogP contribution in [0.2, 0.25) is 5.54 Å². The van der Waals surface area contributed by atoms with Crippen molar-refractivity contribution in [1.82, 2.24) is 14.9 Å². The first-order chi connectivity index (χ1) is 22.9. The number of anilines is 1. The molecule has 50 heavy (non-hydrogen) atoms. The molecular formula is C30H48N6O12SSi. The Morgan fingerprint density at radius 1 is 1.02 bits per heavy atom. The Kier molecular flexibility index (Phi) is 14.2. The van der Waals surface area contributed by atoms with Gasteiger partial charge in [0, 0.05) is 12.3 Å². The van der Waals surface area contributed by atoms with E-state index in [0.717, 1.165) is 11.3 Å². The average Bonchev–Trinajstić information content (AvgIpc) is 3.38. The van der Waals surface area contributed by atoms with E-state index in [2.05, 4.69) is 25.5 Å². The molecule has 18 nitrogen and oxygen atoms in total. The largest absolute Gasteiger partial charge is 0.511 e. The third-order valence-corrected chi connectivity index (χ3v) is 10.5. The third-order valence-electron chi connectivity index (χ3n) is 6.81. The standard InChI is InChI=1S/C30H48N6O12SSi/c1-15(28(3,4)5)50-36-18(12-43-27(42)46-16(2)45-24(31)40)21(23(36)39)33-22(38)20(35-44-13-19(37)47-29(6,7)8)17-14-49-25(32-17)34-26(41)48-30(9,10)11/h14-16,18,21H,12-13,50H2,1-11H3,(H2,31,40)(H,33,38)(H,32,34,41). The molecule has 1 aromatic rings. The summed E-state index contributed by atoms with van der Waals surface area (Å²) in [7, 11) is -1.28. The molecule has 20 heteroatoms. The summed E-state index contributed by atoms with van der Waals surface area (Å²) in [5.74, 6) is -2.08. The normalized spacial score (nSPS) is 18.0. The molecule has 0 saturated carbocycles. The summed E-state index contributed by atoms with van der Waals surface area (Å²) in [5, 5.41) is 10.4. The van der Waals surface area contributed by atoms with Gasteiger partial charge in [0.05, 0.1) is 6.04 Å². The molecule has 2 heterocycles. The van der Waals surface area contributed by atoms with Crippen molar-refractivity contribution < 1.29 is 57.3 Å². The highest BCUT2D eigenvalue weighted by Crippen LogP contribution is 2.33. The Hall–Kier alpha value is -4.46. The van der Waals surface area contributed by atoms with Crippen LogP contribution in [0.1, 0.15) is 81.9 Å². The van der Waals surface area contributed by atoms with E-state index in [-0.39, 0.29) is 28.4 Å². The van der Waals surface area contributed by atoms with E-state index in [1.54, 1.807) is 46.1 Å². The molecule has 0 radical (unpaired) electrons. The van der Waals surface area contributed by atoms with Gasteiger partial charge >= 0.3 is 24.3 Å². The second-order valence-corrected chi connectivity index (χ2v) is 17.6. The molecule has 0 spiro atoms. The first-order valence-electron chi connectivity index (χ1n) is 15.6. The molecule has 280 valence electrons. The van der Waals surface area contributed by atoms with Crippen molar-refractivity contribution in [3.8, 4) is 0 Å². The molecule has 1 saturated heterocycles. The number of carbonyl (C=O) groups is 6. The highest BCUT2D eigenvalue weighted by Gasteiger charge is 2.50. The van der Waals surface area contributed by atoms with Gasteiger partial charge in [-0.1, -0.05) is 32.9 Å². The Balaban J connectivity index is 2.33.